The molecule has 0 saturated heterocycles. The van der Waals surface area contributed by atoms with Gasteiger partial charge in [0.15, 0.2) is 0 Å². The molecule has 0 aliphatic rings. The highest BCUT2D eigenvalue weighted by Gasteiger charge is 2.18. The minimum absolute atomic E-state index is 0.194. The third-order valence-electron chi connectivity index (χ3n) is 4.75. The summed E-state index contributed by atoms with van der Waals surface area (Å²) in [6, 6.07) is 12.7. The van der Waals surface area contributed by atoms with Crippen molar-refractivity contribution in [2.75, 3.05) is 0 Å². The monoisotopic (exact) mass is 388 g/mol. The van der Waals surface area contributed by atoms with Crippen molar-refractivity contribution < 1.29 is 12.6 Å². The number of unbranched alkanes of at least 4 members (excludes halogenated alkanes) is 4. The minimum atomic E-state index is -3.82. The second-order valence-electron chi connectivity index (χ2n) is 7.21. The lowest BCUT2D eigenvalue weighted by Gasteiger charge is -2.13. The highest BCUT2D eigenvalue weighted by Crippen LogP contribution is 2.27. The molecule has 4 heteroatoms. The standard InChI is InChI=1S/C23H32O3S/c1-4-6-8-10-20-14-17-23(21(18-20)11-9-7-5-2)26-27(24,25)22-15-12-19(3)13-16-22/h12-18H,4-11H2,1-3H3. The van der Waals surface area contributed by atoms with E-state index < -0.39 is 10.1 Å². The average molecular weight is 389 g/mol. The molecule has 0 bridgehead atoms. The molecular formula is C23H32O3S. The Balaban J connectivity index is 2.23. The maximum atomic E-state index is 12.7. The number of benzene rings is 2. The molecule has 148 valence electrons. The quantitative estimate of drug-likeness (QED) is 0.338. The molecular weight excluding hydrogens is 356 g/mol. The molecule has 0 heterocycles. The van der Waals surface area contributed by atoms with Crippen LogP contribution < -0.4 is 4.18 Å². The van der Waals surface area contributed by atoms with Gasteiger partial charge in [-0.25, -0.2) is 0 Å². The Morgan fingerprint density at radius 2 is 1.44 bits per heavy atom. The zero-order valence-corrected chi connectivity index (χ0v) is 17.6. The zero-order chi connectivity index (χ0) is 19.7. The average Bonchev–Trinajstić information content (AvgIpc) is 2.64. The van der Waals surface area contributed by atoms with Crippen molar-refractivity contribution in [3.05, 3.63) is 59.2 Å². The number of aryl methyl sites for hydroxylation is 3. The minimum Gasteiger partial charge on any atom is -0.379 e. The Morgan fingerprint density at radius 3 is 2.07 bits per heavy atom. The van der Waals surface area contributed by atoms with Gasteiger partial charge in [-0.15, -0.1) is 0 Å². The first kappa shape index (κ1) is 21.5. The Kier molecular flexibility index (Phi) is 8.36. The van der Waals surface area contributed by atoms with Crippen LogP contribution in [0.4, 0.5) is 0 Å². The third-order valence-corrected chi connectivity index (χ3v) is 6.00. The molecule has 27 heavy (non-hydrogen) atoms. The van der Waals surface area contributed by atoms with E-state index in [1.54, 1.807) is 24.3 Å². The van der Waals surface area contributed by atoms with Gasteiger partial charge in [0.05, 0.1) is 0 Å². The van der Waals surface area contributed by atoms with Crippen LogP contribution in [0.3, 0.4) is 0 Å². The van der Waals surface area contributed by atoms with Gasteiger partial charge < -0.3 is 4.18 Å². The molecule has 0 amide bonds. The molecule has 2 aromatic carbocycles. The molecule has 2 rings (SSSR count). The van der Waals surface area contributed by atoms with E-state index in [1.165, 1.54) is 18.4 Å². The van der Waals surface area contributed by atoms with Crippen LogP contribution in [0.2, 0.25) is 0 Å². The third kappa shape index (κ3) is 6.69. The molecule has 0 atom stereocenters. The van der Waals surface area contributed by atoms with Gasteiger partial charge >= 0.3 is 10.1 Å². The molecule has 3 nitrogen and oxygen atoms in total. The molecule has 0 aromatic heterocycles. The second kappa shape index (κ2) is 10.5. The molecule has 0 spiro atoms. The van der Waals surface area contributed by atoms with Crippen molar-refractivity contribution >= 4 is 10.1 Å². The highest BCUT2D eigenvalue weighted by atomic mass is 32.2. The smallest absolute Gasteiger partial charge is 0.339 e. The van der Waals surface area contributed by atoms with Crippen LogP contribution in [0.1, 0.15) is 69.1 Å². The lowest BCUT2D eigenvalue weighted by atomic mass is 10.0. The fourth-order valence-electron chi connectivity index (χ4n) is 3.08. The van der Waals surface area contributed by atoms with Crippen LogP contribution in [-0.4, -0.2) is 8.42 Å². The SMILES string of the molecule is CCCCCc1ccc(OS(=O)(=O)c2ccc(C)cc2)c(CCCCC)c1. The molecule has 0 N–H and O–H groups in total. The van der Waals surface area contributed by atoms with Crippen molar-refractivity contribution in [3.8, 4) is 5.75 Å². The van der Waals surface area contributed by atoms with E-state index in [1.807, 2.05) is 19.1 Å². The van der Waals surface area contributed by atoms with Crippen LogP contribution >= 0.6 is 0 Å². The van der Waals surface area contributed by atoms with Gasteiger partial charge in [0.2, 0.25) is 0 Å². The highest BCUT2D eigenvalue weighted by molar-refractivity contribution is 7.87. The van der Waals surface area contributed by atoms with Gasteiger partial charge in [-0.3, -0.25) is 0 Å². The van der Waals surface area contributed by atoms with Crippen molar-refractivity contribution in [2.24, 2.45) is 0 Å². The molecule has 0 saturated carbocycles. The summed E-state index contributed by atoms with van der Waals surface area (Å²) in [5.74, 6) is 0.464. The summed E-state index contributed by atoms with van der Waals surface area (Å²) in [4.78, 5) is 0.194. The van der Waals surface area contributed by atoms with Gasteiger partial charge in [-0.05, 0) is 61.9 Å². The lowest BCUT2D eigenvalue weighted by Crippen LogP contribution is -2.11. The number of hydrogen-bond donors (Lipinski definition) is 0. The fourth-order valence-corrected chi connectivity index (χ4v) is 4.05. The van der Waals surface area contributed by atoms with E-state index in [9.17, 15) is 8.42 Å². The maximum absolute atomic E-state index is 12.7. The van der Waals surface area contributed by atoms with E-state index in [0.29, 0.717) is 5.75 Å². The predicted molar refractivity (Wildman–Crippen MR) is 112 cm³/mol. The first-order valence-corrected chi connectivity index (χ1v) is 11.5. The first-order chi connectivity index (χ1) is 13.0. The van der Waals surface area contributed by atoms with Crippen LogP contribution in [0.15, 0.2) is 47.4 Å². The summed E-state index contributed by atoms with van der Waals surface area (Å²) in [6.07, 6.45) is 8.74. The Hall–Kier alpha value is -1.81. The van der Waals surface area contributed by atoms with Gasteiger partial charge in [0, 0.05) is 0 Å². The summed E-state index contributed by atoms with van der Waals surface area (Å²) in [7, 11) is -3.82. The summed E-state index contributed by atoms with van der Waals surface area (Å²) in [6.45, 7) is 6.30. The summed E-state index contributed by atoms with van der Waals surface area (Å²) in [5, 5.41) is 0. The maximum Gasteiger partial charge on any atom is 0.339 e. The summed E-state index contributed by atoms with van der Waals surface area (Å²) < 4.78 is 30.9. The van der Waals surface area contributed by atoms with Gasteiger partial charge in [0.1, 0.15) is 10.6 Å². The van der Waals surface area contributed by atoms with Crippen molar-refractivity contribution in [3.63, 3.8) is 0 Å². The van der Waals surface area contributed by atoms with Gasteiger partial charge in [-0.2, -0.15) is 8.42 Å². The fraction of sp³-hybridized carbons (Fsp3) is 0.478. The van der Waals surface area contributed by atoms with Gasteiger partial charge in [-0.1, -0.05) is 69.4 Å². The molecule has 0 fully saturated rings. The molecule has 2 aromatic rings. The molecule has 0 aliphatic carbocycles. The van der Waals surface area contributed by atoms with E-state index in [0.717, 1.165) is 49.7 Å². The van der Waals surface area contributed by atoms with Crippen LogP contribution in [0, 0.1) is 6.92 Å². The van der Waals surface area contributed by atoms with E-state index in [2.05, 4.69) is 19.9 Å². The topological polar surface area (TPSA) is 43.4 Å². The Labute approximate surface area is 164 Å². The molecule has 0 unspecified atom stereocenters. The summed E-state index contributed by atoms with van der Waals surface area (Å²) in [5.41, 5.74) is 3.27. The summed E-state index contributed by atoms with van der Waals surface area (Å²) >= 11 is 0. The van der Waals surface area contributed by atoms with E-state index in [-0.39, 0.29) is 4.90 Å². The largest absolute Gasteiger partial charge is 0.379 e. The van der Waals surface area contributed by atoms with Crippen molar-refractivity contribution in [2.45, 2.75) is 77.0 Å². The van der Waals surface area contributed by atoms with Crippen LogP contribution in [-0.2, 0) is 23.0 Å². The lowest BCUT2D eigenvalue weighted by molar-refractivity contribution is 0.481. The first-order valence-electron chi connectivity index (χ1n) is 10.1. The van der Waals surface area contributed by atoms with Crippen LogP contribution in [0.25, 0.3) is 0 Å². The normalized spacial score (nSPS) is 11.5. The second-order valence-corrected chi connectivity index (χ2v) is 8.75. The molecule has 0 aliphatic heterocycles. The van der Waals surface area contributed by atoms with Crippen molar-refractivity contribution in [1.82, 2.24) is 0 Å². The Morgan fingerprint density at radius 1 is 0.815 bits per heavy atom. The Bertz CT molecular complexity index is 808. The van der Waals surface area contributed by atoms with E-state index >= 15 is 0 Å². The van der Waals surface area contributed by atoms with E-state index in [4.69, 9.17) is 4.18 Å². The van der Waals surface area contributed by atoms with Crippen LogP contribution in [0.5, 0.6) is 5.75 Å². The predicted octanol–water partition coefficient (Wildman–Crippen LogP) is 6.23. The van der Waals surface area contributed by atoms with Gasteiger partial charge in [0.25, 0.3) is 0 Å². The zero-order valence-electron chi connectivity index (χ0n) is 16.8. The molecule has 0 radical (unpaired) electrons. The van der Waals surface area contributed by atoms with Crippen molar-refractivity contribution in [1.29, 1.82) is 0 Å². The number of rotatable bonds is 11. The number of hydrogen-bond acceptors (Lipinski definition) is 3.